The zero-order chi connectivity index (χ0) is 12.8. The van der Waals surface area contributed by atoms with Gasteiger partial charge in [-0.05, 0) is 24.6 Å². The van der Waals surface area contributed by atoms with Crippen LogP contribution in [0.5, 0.6) is 5.75 Å². The highest BCUT2D eigenvalue weighted by molar-refractivity contribution is 5.79. The summed E-state index contributed by atoms with van der Waals surface area (Å²) < 4.78 is 5.11. The lowest BCUT2D eigenvalue weighted by Crippen LogP contribution is -1.99. The van der Waals surface area contributed by atoms with Crippen molar-refractivity contribution in [3.63, 3.8) is 0 Å². The first-order chi connectivity index (χ1) is 8.00. The summed E-state index contributed by atoms with van der Waals surface area (Å²) in [5, 5.41) is 19.1. The smallest absolute Gasteiger partial charge is 0.328 e. The third-order valence-electron chi connectivity index (χ3n) is 1.91. The van der Waals surface area contributed by atoms with Crippen molar-refractivity contribution in [3.05, 3.63) is 46.0 Å². The number of aliphatic carboxylic acids is 1. The van der Waals surface area contributed by atoms with E-state index in [2.05, 4.69) is 0 Å². The molecule has 1 aromatic rings. The van der Waals surface area contributed by atoms with Gasteiger partial charge in [-0.2, -0.15) is 0 Å². The number of benzene rings is 1. The number of hydrogen-bond acceptors (Lipinski definition) is 4. The summed E-state index contributed by atoms with van der Waals surface area (Å²) in [4.78, 5) is 20.4. The van der Waals surface area contributed by atoms with Crippen molar-refractivity contribution in [2.45, 2.75) is 6.92 Å². The van der Waals surface area contributed by atoms with Gasteiger partial charge in [0, 0.05) is 12.1 Å². The minimum atomic E-state index is -1.09. The molecule has 17 heavy (non-hydrogen) atoms. The van der Waals surface area contributed by atoms with Gasteiger partial charge in [0.05, 0.1) is 4.92 Å². The molecule has 0 aliphatic carbocycles. The Labute approximate surface area is 97.3 Å². The largest absolute Gasteiger partial charge is 0.483 e. The fraction of sp³-hybridized carbons (Fsp3) is 0.182. The Morgan fingerprint density at radius 2 is 2.29 bits per heavy atom. The Morgan fingerprint density at radius 1 is 1.59 bits per heavy atom. The van der Waals surface area contributed by atoms with E-state index in [1.165, 1.54) is 18.2 Å². The lowest BCUT2D eigenvalue weighted by atomic mass is 10.2. The molecule has 0 radical (unpaired) electrons. The molecule has 0 aliphatic heterocycles. The maximum atomic E-state index is 10.7. The van der Waals surface area contributed by atoms with E-state index in [4.69, 9.17) is 9.84 Å². The molecule has 0 unspecified atom stereocenters. The molecule has 0 fully saturated rings. The molecule has 90 valence electrons. The number of nitro groups is 1. The molecule has 0 atom stereocenters. The maximum absolute atomic E-state index is 10.7. The van der Waals surface area contributed by atoms with Crippen LogP contribution in [-0.2, 0) is 4.79 Å². The predicted molar refractivity (Wildman–Crippen MR) is 60.1 cm³/mol. The minimum absolute atomic E-state index is 0.0315. The van der Waals surface area contributed by atoms with Crippen molar-refractivity contribution in [3.8, 4) is 5.75 Å². The lowest BCUT2D eigenvalue weighted by molar-refractivity contribution is -0.385. The highest BCUT2D eigenvalue weighted by atomic mass is 16.6. The molecule has 0 saturated carbocycles. The Hall–Kier alpha value is -2.37. The van der Waals surface area contributed by atoms with Gasteiger partial charge in [-0.1, -0.05) is 6.07 Å². The van der Waals surface area contributed by atoms with Crippen molar-refractivity contribution < 1.29 is 19.6 Å². The van der Waals surface area contributed by atoms with Crippen LogP contribution < -0.4 is 4.74 Å². The molecule has 0 saturated heterocycles. The lowest BCUT2D eigenvalue weighted by Gasteiger charge is -2.04. The van der Waals surface area contributed by atoms with Crippen LogP contribution >= 0.6 is 0 Å². The first-order valence-corrected chi connectivity index (χ1v) is 4.78. The first-order valence-electron chi connectivity index (χ1n) is 4.78. The van der Waals surface area contributed by atoms with E-state index < -0.39 is 10.9 Å². The van der Waals surface area contributed by atoms with E-state index in [9.17, 15) is 14.9 Å². The summed E-state index contributed by atoms with van der Waals surface area (Å²) in [7, 11) is 0. The average molecular weight is 237 g/mol. The first kappa shape index (κ1) is 12.7. The monoisotopic (exact) mass is 237 g/mol. The van der Waals surface area contributed by atoms with Crippen molar-refractivity contribution in [2.75, 3.05) is 6.61 Å². The van der Waals surface area contributed by atoms with Crippen molar-refractivity contribution >= 4 is 11.7 Å². The van der Waals surface area contributed by atoms with Crippen LogP contribution in [0.1, 0.15) is 5.56 Å². The number of hydrogen-bond donors (Lipinski definition) is 1. The van der Waals surface area contributed by atoms with Gasteiger partial charge in [0.25, 0.3) is 0 Å². The number of aryl methyl sites for hydroxylation is 1. The molecule has 0 aliphatic rings. The van der Waals surface area contributed by atoms with Crippen LogP contribution in [0.25, 0.3) is 0 Å². The van der Waals surface area contributed by atoms with Gasteiger partial charge in [0.15, 0.2) is 5.75 Å². The number of carboxylic acid groups (broad SMARTS) is 1. The molecule has 0 amide bonds. The zero-order valence-corrected chi connectivity index (χ0v) is 9.12. The Bertz CT molecular complexity index is 467. The minimum Gasteiger partial charge on any atom is -0.483 e. The molecule has 6 nitrogen and oxygen atoms in total. The molecule has 6 heteroatoms. The Balaban J connectivity index is 2.77. The van der Waals surface area contributed by atoms with E-state index in [0.29, 0.717) is 0 Å². The number of nitrogens with zero attached hydrogens (tertiary/aromatic N) is 1. The third kappa shape index (κ3) is 3.94. The molecule has 0 bridgehead atoms. The van der Waals surface area contributed by atoms with E-state index in [0.717, 1.165) is 11.6 Å². The molecular weight excluding hydrogens is 226 g/mol. The predicted octanol–water partition coefficient (Wildman–Crippen LogP) is 1.92. The van der Waals surface area contributed by atoms with Crippen LogP contribution in [0.4, 0.5) is 5.69 Å². The molecule has 1 N–H and O–H groups in total. The maximum Gasteiger partial charge on any atom is 0.328 e. The van der Waals surface area contributed by atoms with Gasteiger partial charge < -0.3 is 9.84 Å². The third-order valence-corrected chi connectivity index (χ3v) is 1.91. The number of carboxylic acids is 1. The van der Waals surface area contributed by atoms with Crippen LogP contribution in [0.2, 0.25) is 0 Å². The van der Waals surface area contributed by atoms with Crippen LogP contribution in [-0.4, -0.2) is 22.6 Å². The van der Waals surface area contributed by atoms with Gasteiger partial charge in [0.1, 0.15) is 6.61 Å². The Kier molecular flexibility index (Phi) is 4.21. The summed E-state index contributed by atoms with van der Waals surface area (Å²) >= 11 is 0. The standard InChI is InChI=1S/C11H11NO5/c1-8-4-5-10(9(7-8)12(15)16)17-6-2-3-11(13)14/h2-5,7H,6H2,1H3,(H,13,14)/b3-2+. The number of rotatable bonds is 5. The molecule has 0 spiro atoms. The van der Waals surface area contributed by atoms with Crippen molar-refractivity contribution in [2.24, 2.45) is 0 Å². The summed E-state index contributed by atoms with van der Waals surface area (Å²) in [5.41, 5.74) is 0.624. The number of carbonyl (C=O) groups is 1. The molecule has 1 rings (SSSR count). The zero-order valence-electron chi connectivity index (χ0n) is 9.12. The molecular formula is C11H11NO5. The summed E-state index contributed by atoms with van der Waals surface area (Å²) in [5.74, 6) is -0.970. The molecule has 1 aromatic carbocycles. The quantitative estimate of drug-likeness (QED) is 0.480. The summed E-state index contributed by atoms with van der Waals surface area (Å²) in [6.07, 6.45) is 2.19. The average Bonchev–Trinajstić information content (AvgIpc) is 2.25. The second-order valence-electron chi connectivity index (χ2n) is 3.28. The fourth-order valence-corrected chi connectivity index (χ4v) is 1.18. The highest BCUT2D eigenvalue weighted by Crippen LogP contribution is 2.27. The molecule has 0 aromatic heterocycles. The van der Waals surface area contributed by atoms with Crippen LogP contribution in [0.15, 0.2) is 30.4 Å². The van der Waals surface area contributed by atoms with Crippen LogP contribution in [0, 0.1) is 17.0 Å². The topological polar surface area (TPSA) is 89.7 Å². The highest BCUT2D eigenvalue weighted by Gasteiger charge is 2.14. The van der Waals surface area contributed by atoms with E-state index >= 15 is 0 Å². The van der Waals surface area contributed by atoms with Crippen LogP contribution in [0.3, 0.4) is 0 Å². The second kappa shape index (κ2) is 5.64. The van der Waals surface area contributed by atoms with Crippen molar-refractivity contribution in [1.29, 1.82) is 0 Å². The van der Waals surface area contributed by atoms with Gasteiger partial charge >= 0.3 is 11.7 Å². The van der Waals surface area contributed by atoms with Gasteiger partial charge in [-0.15, -0.1) is 0 Å². The summed E-state index contributed by atoms with van der Waals surface area (Å²) in [6.45, 7) is 1.71. The number of nitro benzene ring substituents is 1. The Morgan fingerprint density at radius 3 is 2.88 bits per heavy atom. The normalized spacial score (nSPS) is 10.4. The second-order valence-corrected chi connectivity index (χ2v) is 3.28. The number of ether oxygens (including phenoxy) is 1. The van der Waals surface area contributed by atoms with E-state index in [1.54, 1.807) is 13.0 Å². The van der Waals surface area contributed by atoms with Gasteiger partial charge in [-0.25, -0.2) is 4.79 Å². The molecule has 0 heterocycles. The van der Waals surface area contributed by atoms with E-state index in [1.807, 2.05) is 0 Å². The fourth-order valence-electron chi connectivity index (χ4n) is 1.18. The van der Waals surface area contributed by atoms with Crippen molar-refractivity contribution in [1.82, 2.24) is 0 Å². The summed E-state index contributed by atoms with van der Waals surface area (Å²) in [6, 6.07) is 4.57. The van der Waals surface area contributed by atoms with Gasteiger partial charge in [-0.3, -0.25) is 10.1 Å². The van der Waals surface area contributed by atoms with Gasteiger partial charge in [0.2, 0.25) is 0 Å². The SMILES string of the molecule is Cc1ccc(OC/C=C/C(=O)O)c([N+](=O)[O-])c1. The van der Waals surface area contributed by atoms with E-state index in [-0.39, 0.29) is 18.0 Å².